The van der Waals surface area contributed by atoms with E-state index in [0.29, 0.717) is 5.75 Å². The molecule has 3 nitrogen and oxygen atoms in total. The Morgan fingerprint density at radius 1 is 1.42 bits per heavy atom. The molecule has 0 unspecified atom stereocenters. The first-order chi connectivity index (χ1) is 5.79. The number of para-hydroxylation sites is 2. The number of rotatable bonds is 0. The van der Waals surface area contributed by atoms with Gasteiger partial charge in [0.05, 0.1) is 5.69 Å². The van der Waals surface area contributed by atoms with Crippen LogP contribution in [0.5, 0.6) is 5.75 Å². The van der Waals surface area contributed by atoms with Gasteiger partial charge < -0.3 is 9.64 Å². The van der Waals surface area contributed by atoms with E-state index in [1.165, 1.54) is 4.90 Å². The van der Waals surface area contributed by atoms with Gasteiger partial charge in [-0.1, -0.05) is 12.1 Å². The monoisotopic (exact) mass is 162 g/mol. The predicted molar refractivity (Wildman–Crippen MR) is 44.8 cm³/mol. The van der Waals surface area contributed by atoms with Gasteiger partial charge in [0.25, 0.3) is 0 Å². The van der Waals surface area contributed by atoms with Gasteiger partial charge >= 0.3 is 0 Å². The normalized spacial score (nSPS) is 15.4. The summed E-state index contributed by atoms with van der Waals surface area (Å²) in [4.78, 5) is 12.5. The number of carbonyl (C=O) groups is 1. The van der Waals surface area contributed by atoms with E-state index < -0.39 is 0 Å². The Labute approximate surface area is 70.6 Å². The van der Waals surface area contributed by atoms with Crippen molar-refractivity contribution in [1.82, 2.24) is 0 Å². The molecule has 1 aliphatic heterocycles. The number of benzene rings is 1. The van der Waals surface area contributed by atoms with Gasteiger partial charge in [-0.15, -0.1) is 0 Å². The lowest BCUT2D eigenvalue weighted by molar-refractivity contribution is -0.120. The molecule has 0 radical (unpaired) electrons. The standard InChI is InChI=1S/C9H8NO2/c1-10-7-4-2-3-5-8(7)12-6-9(10)11/h2-5H,1,6H2/q-1. The molecule has 0 spiro atoms. The van der Waals surface area contributed by atoms with Crippen molar-refractivity contribution in [2.45, 2.75) is 0 Å². The molecule has 1 heterocycles. The summed E-state index contributed by atoms with van der Waals surface area (Å²) in [5.41, 5.74) is 0.730. The molecular formula is C9H8NO2-. The van der Waals surface area contributed by atoms with Crippen LogP contribution in [-0.4, -0.2) is 12.5 Å². The van der Waals surface area contributed by atoms with E-state index in [4.69, 9.17) is 4.74 Å². The fourth-order valence-corrected chi connectivity index (χ4v) is 1.15. The van der Waals surface area contributed by atoms with Crippen molar-refractivity contribution in [2.75, 3.05) is 11.5 Å². The molecule has 1 aromatic carbocycles. The molecule has 62 valence electrons. The fourth-order valence-electron chi connectivity index (χ4n) is 1.15. The minimum atomic E-state index is -0.117. The van der Waals surface area contributed by atoms with Crippen LogP contribution in [0, 0.1) is 7.05 Å². The molecule has 0 saturated carbocycles. The van der Waals surface area contributed by atoms with E-state index in [2.05, 4.69) is 7.05 Å². The topological polar surface area (TPSA) is 29.5 Å². The maximum Gasteiger partial charge on any atom is 0.235 e. The van der Waals surface area contributed by atoms with Crippen LogP contribution in [-0.2, 0) is 4.79 Å². The maximum atomic E-state index is 11.1. The highest BCUT2D eigenvalue weighted by atomic mass is 16.5. The molecular weight excluding hydrogens is 154 g/mol. The second-order valence-corrected chi connectivity index (χ2v) is 2.58. The molecule has 0 atom stereocenters. The summed E-state index contributed by atoms with van der Waals surface area (Å²) in [5, 5.41) is 0. The third kappa shape index (κ3) is 0.942. The maximum absolute atomic E-state index is 11.1. The highest BCUT2D eigenvalue weighted by molar-refractivity contribution is 5.98. The average Bonchev–Trinajstić information content (AvgIpc) is 2.12. The Morgan fingerprint density at radius 2 is 2.17 bits per heavy atom. The van der Waals surface area contributed by atoms with E-state index >= 15 is 0 Å². The third-order valence-electron chi connectivity index (χ3n) is 1.81. The Kier molecular flexibility index (Phi) is 1.50. The summed E-state index contributed by atoms with van der Waals surface area (Å²) in [6.07, 6.45) is 0. The van der Waals surface area contributed by atoms with Crippen molar-refractivity contribution in [1.29, 1.82) is 0 Å². The van der Waals surface area contributed by atoms with Gasteiger partial charge in [0, 0.05) is 0 Å². The Balaban J connectivity index is 2.48. The minimum Gasteiger partial charge on any atom is -0.482 e. The Bertz CT molecular complexity index is 322. The number of ether oxygens (including phenoxy) is 1. The summed E-state index contributed by atoms with van der Waals surface area (Å²) in [6.45, 7) is 0.0838. The lowest BCUT2D eigenvalue weighted by atomic mass is 10.2. The van der Waals surface area contributed by atoms with Crippen LogP contribution >= 0.6 is 0 Å². The van der Waals surface area contributed by atoms with Crippen molar-refractivity contribution in [3.05, 3.63) is 31.3 Å². The molecule has 1 aliphatic rings. The summed E-state index contributed by atoms with van der Waals surface area (Å²) >= 11 is 0. The highest BCUT2D eigenvalue weighted by Crippen LogP contribution is 2.30. The van der Waals surface area contributed by atoms with Gasteiger partial charge in [-0.3, -0.25) is 4.79 Å². The second-order valence-electron chi connectivity index (χ2n) is 2.58. The predicted octanol–water partition coefficient (Wildman–Crippen LogP) is 1.20. The summed E-state index contributed by atoms with van der Waals surface area (Å²) < 4.78 is 5.17. The second kappa shape index (κ2) is 2.52. The summed E-state index contributed by atoms with van der Waals surface area (Å²) in [5.74, 6) is 0.598. The molecule has 0 N–H and O–H groups in total. The van der Waals surface area contributed by atoms with Crippen LogP contribution in [0.2, 0.25) is 0 Å². The van der Waals surface area contributed by atoms with Crippen LogP contribution in [0.15, 0.2) is 24.3 Å². The summed E-state index contributed by atoms with van der Waals surface area (Å²) in [7, 11) is 3.62. The molecule has 1 amide bonds. The third-order valence-corrected chi connectivity index (χ3v) is 1.81. The van der Waals surface area contributed by atoms with Crippen LogP contribution in [0.25, 0.3) is 0 Å². The molecule has 0 saturated heterocycles. The fraction of sp³-hybridized carbons (Fsp3) is 0.111. The highest BCUT2D eigenvalue weighted by Gasteiger charge is 2.16. The smallest absolute Gasteiger partial charge is 0.235 e. The zero-order valence-electron chi connectivity index (χ0n) is 6.49. The lowest BCUT2D eigenvalue weighted by Gasteiger charge is -2.31. The van der Waals surface area contributed by atoms with E-state index in [0.717, 1.165) is 5.69 Å². The van der Waals surface area contributed by atoms with Crippen molar-refractivity contribution in [3.63, 3.8) is 0 Å². The zero-order valence-corrected chi connectivity index (χ0v) is 6.49. The van der Waals surface area contributed by atoms with Gasteiger partial charge in [0.1, 0.15) is 5.75 Å². The van der Waals surface area contributed by atoms with Crippen molar-refractivity contribution >= 4 is 11.6 Å². The first kappa shape index (κ1) is 7.16. The van der Waals surface area contributed by atoms with Crippen LogP contribution in [0.4, 0.5) is 5.69 Å². The van der Waals surface area contributed by atoms with E-state index in [-0.39, 0.29) is 12.5 Å². The number of hydrogen-bond acceptors (Lipinski definition) is 2. The van der Waals surface area contributed by atoms with Crippen LogP contribution in [0.1, 0.15) is 0 Å². The number of carbonyl (C=O) groups excluding carboxylic acids is 1. The number of nitrogens with zero attached hydrogens (tertiary/aromatic N) is 1. The molecule has 0 aliphatic carbocycles. The molecule has 2 rings (SSSR count). The first-order valence-electron chi connectivity index (χ1n) is 3.64. The lowest BCUT2D eigenvalue weighted by Crippen LogP contribution is -2.33. The van der Waals surface area contributed by atoms with Crippen molar-refractivity contribution in [3.8, 4) is 5.75 Å². The van der Waals surface area contributed by atoms with Crippen LogP contribution < -0.4 is 9.64 Å². The SMILES string of the molecule is [CH2-]N1C(=O)COc2ccccc21. The summed E-state index contributed by atoms with van der Waals surface area (Å²) in [6, 6.07) is 7.33. The van der Waals surface area contributed by atoms with Crippen molar-refractivity contribution < 1.29 is 9.53 Å². The molecule has 12 heavy (non-hydrogen) atoms. The van der Waals surface area contributed by atoms with Gasteiger partial charge in [0.2, 0.25) is 5.91 Å². The van der Waals surface area contributed by atoms with E-state index in [1.54, 1.807) is 6.07 Å². The quantitative estimate of drug-likeness (QED) is 0.536. The van der Waals surface area contributed by atoms with Gasteiger partial charge in [-0.2, -0.15) is 0 Å². The Hall–Kier alpha value is -1.51. The molecule has 0 fully saturated rings. The minimum absolute atomic E-state index is 0.0838. The van der Waals surface area contributed by atoms with Gasteiger partial charge in [-0.25, -0.2) is 7.05 Å². The zero-order chi connectivity index (χ0) is 8.55. The first-order valence-corrected chi connectivity index (χ1v) is 3.64. The number of fused-ring (bicyclic) bond motifs is 1. The van der Waals surface area contributed by atoms with E-state index in [1.807, 2.05) is 18.2 Å². The average molecular weight is 162 g/mol. The van der Waals surface area contributed by atoms with Gasteiger partial charge in [0.15, 0.2) is 6.61 Å². The molecule has 0 bridgehead atoms. The molecule has 3 heteroatoms. The van der Waals surface area contributed by atoms with E-state index in [9.17, 15) is 4.79 Å². The Morgan fingerprint density at radius 3 is 3.00 bits per heavy atom. The number of hydrogen-bond donors (Lipinski definition) is 0. The molecule has 0 aromatic heterocycles. The number of anilines is 1. The van der Waals surface area contributed by atoms with Crippen molar-refractivity contribution in [2.24, 2.45) is 0 Å². The van der Waals surface area contributed by atoms with Gasteiger partial charge in [-0.05, 0) is 12.1 Å². The largest absolute Gasteiger partial charge is 0.482 e. The molecule has 1 aromatic rings. The number of amides is 1. The van der Waals surface area contributed by atoms with Crippen LogP contribution in [0.3, 0.4) is 0 Å².